The molecule has 2 fully saturated rings. The Bertz CT molecular complexity index is 1790. The van der Waals surface area contributed by atoms with Gasteiger partial charge in [-0.15, -0.1) is 0 Å². The lowest BCUT2D eigenvalue weighted by Gasteiger charge is -2.51. The quantitative estimate of drug-likeness (QED) is 0.381. The number of morpholine rings is 1. The largest absolute Gasteiger partial charge is 0.490 e. The van der Waals surface area contributed by atoms with Gasteiger partial charge in [-0.3, -0.25) is 9.69 Å². The van der Waals surface area contributed by atoms with Gasteiger partial charge in [-0.05, 0) is 112 Å². The monoisotopic (exact) mass is 768 g/mol. The fraction of sp³-hybridized carbons (Fsp3) is 0.634. The summed E-state index contributed by atoms with van der Waals surface area (Å²) in [4.78, 5) is 20.9. The van der Waals surface area contributed by atoms with Crippen molar-refractivity contribution in [1.82, 2.24) is 14.5 Å². The van der Waals surface area contributed by atoms with E-state index in [9.17, 15) is 13.2 Å². The molecule has 2 aromatic carbocycles. The highest BCUT2D eigenvalue weighted by Gasteiger charge is 2.49. The number of amides is 1. The number of ether oxygens (including phenoxy) is 3. The summed E-state index contributed by atoms with van der Waals surface area (Å²) in [5.74, 6) is 0.431. The van der Waals surface area contributed by atoms with E-state index in [4.69, 9.17) is 25.8 Å². The first-order valence-electron chi connectivity index (χ1n) is 19.5. The Hall–Kier alpha value is -2.67. The molecular formula is C41H57ClN4O6S. The highest BCUT2D eigenvalue weighted by Crippen LogP contribution is 2.49. The van der Waals surface area contributed by atoms with Gasteiger partial charge in [-0.2, -0.15) is 0 Å². The second-order valence-electron chi connectivity index (χ2n) is 16.4. The average molecular weight is 769 g/mol. The van der Waals surface area contributed by atoms with Crippen LogP contribution in [0, 0.1) is 17.8 Å². The van der Waals surface area contributed by atoms with Crippen molar-refractivity contribution in [1.29, 1.82) is 0 Å². The van der Waals surface area contributed by atoms with Gasteiger partial charge in [0.2, 0.25) is 10.0 Å². The van der Waals surface area contributed by atoms with Crippen molar-refractivity contribution in [2.24, 2.45) is 17.8 Å². The minimum absolute atomic E-state index is 0.226. The van der Waals surface area contributed by atoms with E-state index in [1.807, 2.05) is 32.2 Å². The molecule has 1 spiro atoms. The first-order chi connectivity index (χ1) is 25.4. The number of nitrogens with one attached hydrogen (secondary N) is 1. The predicted molar refractivity (Wildman–Crippen MR) is 210 cm³/mol. The molecule has 5 aliphatic rings. The maximum atomic E-state index is 13.6. The standard InChI is InChI=1S/C41H57ClN4O6S/c1-29-7-5-16-41(50-4,27-44(3)17-18-45-19-21-51-22-20-45)36-12-9-33(36)25-46-26-40(15-6-8-31-23-34(42)11-13-35(31)40)28-52-38-14-10-32(24-37(38)46)39(47)43-53(48,49)30(29)2/h5,10-11,13-14,16,23-24,29-30,33,36H,6-9,12,15,17-22,25-28H2,1-4H3,(H,43,47)/b16-5+/t29-,30+,33-,36+,40-,41-/m0/s1. The highest BCUT2D eigenvalue weighted by atomic mass is 35.5. The molecule has 3 aliphatic heterocycles. The molecule has 290 valence electrons. The Morgan fingerprint density at radius 1 is 1.11 bits per heavy atom. The number of sulfonamides is 1. The van der Waals surface area contributed by atoms with Crippen molar-refractivity contribution >= 4 is 33.2 Å². The van der Waals surface area contributed by atoms with E-state index in [2.05, 4.69) is 50.8 Å². The zero-order chi connectivity index (χ0) is 37.4. The number of nitrogens with zero attached hydrogens (tertiary/aromatic N) is 3. The van der Waals surface area contributed by atoms with E-state index in [1.165, 1.54) is 11.1 Å². The molecular weight excluding hydrogens is 712 g/mol. The molecule has 0 unspecified atom stereocenters. The molecule has 12 heteroatoms. The van der Waals surface area contributed by atoms with Crippen LogP contribution >= 0.6 is 11.6 Å². The second kappa shape index (κ2) is 15.8. The summed E-state index contributed by atoms with van der Waals surface area (Å²) < 4.78 is 48.5. The normalized spacial score (nSPS) is 32.5. The van der Waals surface area contributed by atoms with Crippen LogP contribution in [0.5, 0.6) is 5.75 Å². The van der Waals surface area contributed by atoms with Gasteiger partial charge in [-0.25, -0.2) is 13.1 Å². The fourth-order valence-electron chi connectivity index (χ4n) is 9.45. The summed E-state index contributed by atoms with van der Waals surface area (Å²) in [6.07, 6.45) is 9.99. The number of fused-ring (bicyclic) bond motifs is 4. The number of rotatable bonds is 6. The van der Waals surface area contributed by atoms with Crippen LogP contribution in [-0.2, 0) is 31.3 Å². The number of carbonyl (C=O) groups is 1. The molecule has 10 nitrogen and oxygen atoms in total. The summed E-state index contributed by atoms with van der Waals surface area (Å²) in [5, 5.41) is -0.0388. The van der Waals surface area contributed by atoms with Crippen LogP contribution in [0.3, 0.4) is 0 Å². The topological polar surface area (TPSA) is 101 Å². The van der Waals surface area contributed by atoms with Gasteiger partial charge in [0.05, 0.1) is 30.8 Å². The van der Waals surface area contributed by atoms with Crippen molar-refractivity contribution in [3.63, 3.8) is 0 Å². The van der Waals surface area contributed by atoms with Gasteiger partial charge in [0, 0.05) is 68.9 Å². The minimum Gasteiger partial charge on any atom is -0.490 e. The zero-order valence-electron chi connectivity index (χ0n) is 31.8. The first-order valence-corrected chi connectivity index (χ1v) is 21.4. The molecule has 0 radical (unpaired) electrons. The lowest BCUT2D eigenvalue weighted by molar-refractivity contribution is -0.0895. The Morgan fingerprint density at radius 2 is 1.92 bits per heavy atom. The lowest BCUT2D eigenvalue weighted by Crippen LogP contribution is -2.57. The third-order valence-electron chi connectivity index (χ3n) is 13.0. The number of likely N-dealkylation sites (N-methyl/N-ethyl adjacent to an activating group) is 1. The smallest absolute Gasteiger partial charge is 0.264 e. The van der Waals surface area contributed by atoms with Crippen LogP contribution in [-0.4, -0.2) is 115 Å². The van der Waals surface area contributed by atoms with E-state index in [1.54, 1.807) is 13.0 Å². The van der Waals surface area contributed by atoms with Crippen LogP contribution in [0.15, 0.2) is 48.6 Å². The van der Waals surface area contributed by atoms with Gasteiger partial charge in [-0.1, -0.05) is 36.7 Å². The molecule has 7 rings (SSSR count). The number of aryl methyl sites for hydroxylation is 1. The van der Waals surface area contributed by atoms with Crippen LogP contribution in [0.4, 0.5) is 5.69 Å². The Morgan fingerprint density at radius 3 is 2.68 bits per heavy atom. The lowest BCUT2D eigenvalue weighted by atomic mass is 9.63. The Labute approximate surface area is 321 Å². The highest BCUT2D eigenvalue weighted by molar-refractivity contribution is 7.90. The van der Waals surface area contributed by atoms with Gasteiger partial charge in [0.15, 0.2) is 0 Å². The van der Waals surface area contributed by atoms with Crippen molar-refractivity contribution < 1.29 is 27.4 Å². The predicted octanol–water partition coefficient (Wildman–Crippen LogP) is 5.53. The number of allylic oxidation sites excluding steroid dienone is 1. The third-order valence-corrected chi connectivity index (χ3v) is 15.2. The van der Waals surface area contributed by atoms with Crippen LogP contribution in [0.1, 0.15) is 67.4 Å². The number of benzene rings is 2. The number of hydrogen-bond donors (Lipinski definition) is 1. The second-order valence-corrected chi connectivity index (χ2v) is 18.9. The van der Waals surface area contributed by atoms with E-state index >= 15 is 0 Å². The van der Waals surface area contributed by atoms with E-state index in [0.29, 0.717) is 36.8 Å². The maximum Gasteiger partial charge on any atom is 0.264 e. The molecule has 0 aromatic heterocycles. The molecule has 6 atom stereocenters. The SMILES string of the molecule is CO[C@]1(CN(C)CCN2CCOCC2)/C=C/C[C@H](C)[C@@H](C)S(=O)(=O)NC(=O)c2ccc3c(c2)N(C[C@@H]2CC[C@H]21)C[C@@]1(CCCc2cc(Cl)ccc21)CO3. The average Bonchev–Trinajstić information content (AvgIpc) is 3.28. The molecule has 2 aromatic rings. The van der Waals surface area contributed by atoms with Gasteiger partial charge in [0.1, 0.15) is 11.4 Å². The van der Waals surface area contributed by atoms with Gasteiger partial charge in [0.25, 0.3) is 5.91 Å². The molecule has 1 amide bonds. The molecule has 2 bridgehead atoms. The number of halogens is 1. The van der Waals surface area contributed by atoms with Crippen molar-refractivity contribution in [3.8, 4) is 5.75 Å². The summed E-state index contributed by atoms with van der Waals surface area (Å²) in [5.41, 5.74) is 2.85. The van der Waals surface area contributed by atoms with Crippen molar-refractivity contribution in [2.45, 2.75) is 68.6 Å². The first kappa shape index (κ1) is 38.6. The van der Waals surface area contributed by atoms with Gasteiger partial charge >= 0.3 is 0 Å². The van der Waals surface area contributed by atoms with E-state index < -0.39 is 26.8 Å². The van der Waals surface area contributed by atoms with Crippen LogP contribution < -0.4 is 14.4 Å². The molecule has 53 heavy (non-hydrogen) atoms. The fourth-order valence-corrected chi connectivity index (χ4v) is 10.9. The number of carbonyl (C=O) groups excluding carboxylic acids is 1. The summed E-state index contributed by atoms with van der Waals surface area (Å²) in [7, 11) is 0.0575. The Kier molecular flexibility index (Phi) is 11.5. The van der Waals surface area contributed by atoms with Crippen LogP contribution in [0.25, 0.3) is 0 Å². The maximum absolute atomic E-state index is 13.6. The van der Waals surface area contributed by atoms with E-state index in [0.717, 1.165) is 95.3 Å². The number of hydrogen-bond acceptors (Lipinski definition) is 9. The molecule has 2 aliphatic carbocycles. The number of anilines is 1. The molecule has 3 heterocycles. The van der Waals surface area contributed by atoms with Crippen molar-refractivity contribution in [3.05, 3.63) is 70.3 Å². The van der Waals surface area contributed by atoms with Crippen molar-refractivity contribution in [2.75, 3.05) is 84.7 Å². The van der Waals surface area contributed by atoms with E-state index in [-0.39, 0.29) is 17.3 Å². The zero-order valence-corrected chi connectivity index (χ0v) is 33.4. The minimum atomic E-state index is -3.96. The van der Waals surface area contributed by atoms with Crippen LogP contribution in [0.2, 0.25) is 5.02 Å². The van der Waals surface area contributed by atoms with Gasteiger partial charge < -0.3 is 24.0 Å². The molecule has 1 saturated heterocycles. The number of methoxy groups -OCH3 is 1. The summed E-state index contributed by atoms with van der Waals surface area (Å²) >= 11 is 6.50. The summed E-state index contributed by atoms with van der Waals surface area (Å²) in [6.45, 7) is 11.7. The Balaban J connectivity index is 1.26. The third kappa shape index (κ3) is 8.03. The molecule has 1 saturated carbocycles. The summed E-state index contributed by atoms with van der Waals surface area (Å²) in [6, 6.07) is 11.6. The molecule has 1 N–H and O–H groups in total.